The van der Waals surface area contributed by atoms with Crippen LogP contribution < -0.4 is 5.32 Å². The summed E-state index contributed by atoms with van der Waals surface area (Å²) < 4.78 is 0. The molecule has 1 amide bonds. The number of likely N-dealkylation sites (tertiary alicyclic amines) is 1. The molecule has 3 aromatic rings. The minimum atomic E-state index is -0.0362. The molecule has 3 aromatic carbocycles. The smallest absolute Gasteiger partial charge is 0.238 e. The summed E-state index contributed by atoms with van der Waals surface area (Å²) in [5.41, 5.74) is 3.59. The highest BCUT2D eigenvalue weighted by Gasteiger charge is 2.26. The van der Waals surface area contributed by atoms with Crippen LogP contribution in [0.2, 0.25) is 5.02 Å². The number of piperidine rings is 1. The van der Waals surface area contributed by atoms with Crippen LogP contribution in [-0.2, 0) is 4.79 Å². The van der Waals surface area contributed by atoms with Gasteiger partial charge in [0, 0.05) is 27.8 Å². The topological polar surface area (TPSA) is 49.4 Å². The number of nitrogens with one attached hydrogen (secondary N) is 1. The van der Waals surface area contributed by atoms with Gasteiger partial charge >= 0.3 is 0 Å². The first kappa shape index (κ1) is 21.3. The van der Waals surface area contributed by atoms with Crippen LogP contribution in [0.4, 0.5) is 5.69 Å². The van der Waals surface area contributed by atoms with Gasteiger partial charge in [-0.3, -0.25) is 14.5 Å². The van der Waals surface area contributed by atoms with E-state index in [1.54, 1.807) is 24.3 Å². The van der Waals surface area contributed by atoms with E-state index in [2.05, 4.69) is 10.2 Å². The van der Waals surface area contributed by atoms with Crippen LogP contribution in [0, 0.1) is 5.92 Å². The van der Waals surface area contributed by atoms with Gasteiger partial charge in [-0.05, 0) is 61.8 Å². The standard InChI is InChI=1S/C26H25ClN2O2/c27-22-12-10-20(11-13-22)26(31)21-14-16-29(17-15-21)18-25(30)28-24-9-5-4-8-23(24)19-6-2-1-3-7-19/h1-13,21H,14-18H2,(H,28,30). The third-order valence-corrected chi connectivity index (χ3v) is 5.99. The second-order valence-electron chi connectivity index (χ2n) is 7.88. The normalized spacial score (nSPS) is 14.9. The van der Waals surface area contributed by atoms with Crippen molar-refractivity contribution in [3.05, 3.63) is 89.4 Å². The van der Waals surface area contributed by atoms with E-state index in [1.807, 2.05) is 54.6 Å². The van der Waals surface area contributed by atoms with Crippen LogP contribution in [0.25, 0.3) is 11.1 Å². The van der Waals surface area contributed by atoms with Crippen molar-refractivity contribution < 1.29 is 9.59 Å². The summed E-state index contributed by atoms with van der Waals surface area (Å²) in [6, 6.07) is 24.9. The SMILES string of the molecule is O=C(CN1CCC(C(=O)c2ccc(Cl)cc2)CC1)Nc1ccccc1-c1ccccc1. The van der Waals surface area contributed by atoms with E-state index in [1.165, 1.54) is 0 Å². The Morgan fingerprint density at radius 3 is 2.23 bits per heavy atom. The Bertz CT molecular complexity index is 1040. The fraction of sp³-hybridized carbons (Fsp3) is 0.231. The summed E-state index contributed by atoms with van der Waals surface area (Å²) in [6.45, 7) is 1.79. The highest BCUT2D eigenvalue weighted by Crippen LogP contribution is 2.28. The van der Waals surface area contributed by atoms with Crippen LogP contribution >= 0.6 is 11.6 Å². The molecular formula is C26H25ClN2O2. The third kappa shape index (κ3) is 5.40. The fourth-order valence-electron chi connectivity index (χ4n) is 4.06. The number of anilines is 1. The molecule has 1 aliphatic heterocycles. The number of rotatable bonds is 6. The molecule has 158 valence electrons. The molecule has 0 saturated carbocycles. The lowest BCUT2D eigenvalue weighted by Crippen LogP contribution is -2.40. The Labute approximate surface area is 187 Å². The highest BCUT2D eigenvalue weighted by atomic mass is 35.5. The van der Waals surface area contributed by atoms with Gasteiger partial charge in [-0.25, -0.2) is 0 Å². The number of benzene rings is 3. The molecular weight excluding hydrogens is 408 g/mol. The lowest BCUT2D eigenvalue weighted by atomic mass is 9.89. The zero-order valence-corrected chi connectivity index (χ0v) is 18.0. The first-order valence-electron chi connectivity index (χ1n) is 10.6. The van der Waals surface area contributed by atoms with Crippen molar-refractivity contribution in [1.82, 2.24) is 4.90 Å². The minimum Gasteiger partial charge on any atom is -0.324 e. The van der Waals surface area contributed by atoms with E-state index in [0.29, 0.717) is 17.1 Å². The van der Waals surface area contributed by atoms with Crippen molar-refractivity contribution in [2.75, 3.05) is 25.0 Å². The minimum absolute atomic E-state index is 0.000654. The molecule has 5 heteroatoms. The molecule has 1 heterocycles. The van der Waals surface area contributed by atoms with Crippen molar-refractivity contribution in [1.29, 1.82) is 0 Å². The number of halogens is 1. The summed E-state index contributed by atoms with van der Waals surface area (Å²) in [7, 11) is 0. The van der Waals surface area contributed by atoms with Crippen LogP contribution in [0.3, 0.4) is 0 Å². The molecule has 0 unspecified atom stereocenters. The van der Waals surface area contributed by atoms with Gasteiger partial charge in [0.05, 0.1) is 6.54 Å². The average Bonchev–Trinajstić information content (AvgIpc) is 2.80. The van der Waals surface area contributed by atoms with Crippen LogP contribution in [-0.4, -0.2) is 36.2 Å². The molecule has 1 fully saturated rings. The summed E-state index contributed by atoms with van der Waals surface area (Å²) in [4.78, 5) is 27.5. The molecule has 0 atom stereocenters. The van der Waals surface area contributed by atoms with Gasteiger partial charge in [-0.2, -0.15) is 0 Å². The number of carbonyl (C=O) groups is 2. The van der Waals surface area contributed by atoms with E-state index in [-0.39, 0.29) is 17.6 Å². The molecule has 0 spiro atoms. The van der Waals surface area contributed by atoms with Crippen molar-refractivity contribution >= 4 is 29.0 Å². The number of carbonyl (C=O) groups excluding carboxylic acids is 2. The van der Waals surface area contributed by atoms with Gasteiger partial charge in [0.25, 0.3) is 0 Å². The van der Waals surface area contributed by atoms with E-state index in [9.17, 15) is 9.59 Å². The van der Waals surface area contributed by atoms with E-state index in [4.69, 9.17) is 11.6 Å². The second-order valence-corrected chi connectivity index (χ2v) is 8.32. The van der Waals surface area contributed by atoms with E-state index < -0.39 is 0 Å². The zero-order valence-electron chi connectivity index (χ0n) is 17.3. The van der Waals surface area contributed by atoms with Gasteiger partial charge in [-0.1, -0.05) is 60.1 Å². The fourth-order valence-corrected chi connectivity index (χ4v) is 4.18. The Morgan fingerprint density at radius 1 is 0.871 bits per heavy atom. The number of Topliss-reactive ketones (excluding diaryl/α,β-unsaturated/α-hetero) is 1. The number of nitrogens with zero attached hydrogens (tertiary/aromatic N) is 1. The van der Waals surface area contributed by atoms with Gasteiger partial charge in [0.15, 0.2) is 5.78 Å². The average molecular weight is 433 g/mol. The number of para-hydroxylation sites is 1. The number of ketones is 1. The molecule has 1 N–H and O–H groups in total. The summed E-state index contributed by atoms with van der Waals surface area (Å²) in [5, 5.41) is 3.69. The number of amides is 1. The Hall–Kier alpha value is -2.95. The van der Waals surface area contributed by atoms with Gasteiger partial charge in [0.1, 0.15) is 0 Å². The monoisotopic (exact) mass is 432 g/mol. The first-order valence-corrected chi connectivity index (χ1v) is 10.9. The Morgan fingerprint density at radius 2 is 1.52 bits per heavy atom. The third-order valence-electron chi connectivity index (χ3n) is 5.74. The molecule has 0 bridgehead atoms. The predicted octanol–water partition coefficient (Wildman–Crippen LogP) is 5.54. The van der Waals surface area contributed by atoms with Crippen molar-refractivity contribution in [2.24, 2.45) is 5.92 Å². The molecule has 1 saturated heterocycles. The van der Waals surface area contributed by atoms with E-state index in [0.717, 1.165) is 42.7 Å². The molecule has 1 aliphatic rings. The maximum Gasteiger partial charge on any atom is 0.238 e. The second kappa shape index (κ2) is 9.90. The van der Waals surface area contributed by atoms with Crippen molar-refractivity contribution in [2.45, 2.75) is 12.8 Å². The maximum absolute atomic E-state index is 12.7. The van der Waals surface area contributed by atoms with E-state index >= 15 is 0 Å². The zero-order chi connectivity index (χ0) is 21.6. The van der Waals surface area contributed by atoms with Crippen molar-refractivity contribution in [3.63, 3.8) is 0 Å². The lowest BCUT2D eigenvalue weighted by Gasteiger charge is -2.30. The molecule has 0 aromatic heterocycles. The summed E-state index contributed by atoms with van der Waals surface area (Å²) in [6.07, 6.45) is 1.52. The summed E-state index contributed by atoms with van der Waals surface area (Å²) in [5.74, 6) is 0.128. The van der Waals surface area contributed by atoms with Crippen LogP contribution in [0.15, 0.2) is 78.9 Å². The van der Waals surface area contributed by atoms with Crippen molar-refractivity contribution in [3.8, 4) is 11.1 Å². The number of hydrogen-bond donors (Lipinski definition) is 1. The molecule has 4 rings (SSSR count). The highest BCUT2D eigenvalue weighted by molar-refractivity contribution is 6.30. The molecule has 4 nitrogen and oxygen atoms in total. The molecule has 0 aliphatic carbocycles. The first-order chi connectivity index (χ1) is 15.1. The maximum atomic E-state index is 12.7. The van der Waals surface area contributed by atoms with Gasteiger partial charge in [-0.15, -0.1) is 0 Å². The molecule has 31 heavy (non-hydrogen) atoms. The Balaban J connectivity index is 1.32. The lowest BCUT2D eigenvalue weighted by molar-refractivity contribution is -0.117. The largest absolute Gasteiger partial charge is 0.324 e. The van der Waals surface area contributed by atoms with Crippen LogP contribution in [0.1, 0.15) is 23.2 Å². The predicted molar refractivity (Wildman–Crippen MR) is 125 cm³/mol. The summed E-state index contributed by atoms with van der Waals surface area (Å²) >= 11 is 5.92. The van der Waals surface area contributed by atoms with Gasteiger partial charge < -0.3 is 5.32 Å². The Kier molecular flexibility index (Phi) is 6.80. The van der Waals surface area contributed by atoms with Gasteiger partial charge in [0.2, 0.25) is 5.91 Å². The molecule has 0 radical (unpaired) electrons. The van der Waals surface area contributed by atoms with Crippen LogP contribution in [0.5, 0.6) is 0 Å². The number of hydrogen-bond acceptors (Lipinski definition) is 3. The quantitative estimate of drug-likeness (QED) is 0.520.